The van der Waals surface area contributed by atoms with E-state index < -0.39 is 5.82 Å². The van der Waals surface area contributed by atoms with Crippen LogP contribution >= 0.6 is 0 Å². The lowest BCUT2D eigenvalue weighted by Gasteiger charge is -2.29. The molecule has 0 radical (unpaired) electrons. The molecule has 4 nitrogen and oxygen atoms in total. The maximum atomic E-state index is 13.9. The molecule has 1 amide bonds. The Morgan fingerprint density at radius 3 is 2.37 bits per heavy atom. The summed E-state index contributed by atoms with van der Waals surface area (Å²) in [5.74, 6) is 0.0767. The van der Waals surface area contributed by atoms with E-state index in [1.54, 1.807) is 24.1 Å². The lowest BCUT2D eigenvalue weighted by Crippen LogP contribution is -2.45. The summed E-state index contributed by atoms with van der Waals surface area (Å²) in [6, 6.07) is 14.6. The summed E-state index contributed by atoms with van der Waals surface area (Å²) in [6.07, 6.45) is 0. The fraction of sp³-hybridized carbons (Fsp3) is 0.409. The molecule has 146 valence electrons. The smallest absolute Gasteiger partial charge is 0.239 e. The standard InChI is InChI=1S/C22H29FN2O2/c1-15(2)21(18-9-7-6-8-10-18)24-16(3)22(26)25(4)14-17-11-12-20(27-5)19(23)13-17/h6-13,15-16,21,24H,14H2,1-5H3. The molecule has 2 atom stereocenters. The highest BCUT2D eigenvalue weighted by Crippen LogP contribution is 2.22. The number of carbonyl (C=O) groups excluding carboxylic acids is 1. The number of halogens is 1. The van der Waals surface area contributed by atoms with Gasteiger partial charge < -0.3 is 9.64 Å². The first-order chi connectivity index (χ1) is 12.8. The van der Waals surface area contributed by atoms with Crippen molar-refractivity contribution in [3.05, 3.63) is 65.5 Å². The zero-order valence-corrected chi connectivity index (χ0v) is 16.7. The molecule has 0 saturated carbocycles. The predicted molar refractivity (Wildman–Crippen MR) is 106 cm³/mol. The number of amides is 1. The van der Waals surface area contributed by atoms with Crippen molar-refractivity contribution in [1.29, 1.82) is 0 Å². The number of hydrogen-bond acceptors (Lipinski definition) is 3. The molecule has 0 heterocycles. The summed E-state index contributed by atoms with van der Waals surface area (Å²) in [5, 5.41) is 3.44. The van der Waals surface area contributed by atoms with E-state index in [9.17, 15) is 9.18 Å². The molecule has 1 N–H and O–H groups in total. The molecule has 0 bridgehead atoms. The zero-order valence-electron chi connectivity index (χ0n) is 16.7. The normalized spacial score (nSPS) is 13.3. The minimum Gasteiger partial charge on any atom is -0.494 e. The fourth-order valence-corrected chi connectivity index (χ4v) is 3.17. The first-order valence-electron chi connectivity index (χ1n) is 9.21. The number of ether oxygens (including phenoxy) is 1. The molecular formula is C22H29FN2O2. The van der Waals surface area contributed by atoms with Gasteiger partial charge in [0.05, 0.1) is 13.2 Å². The molecule has 0 aliphatic heterocycles. The quantitative estimate of drug-likeness (QED) is 0.756. The van der Waals surface area contributed by atoms with Crippen LogP contribution in [0.15, 0.2) is 48.5 Å². The number of carbonyl (C=O) groups is 1. The van der Waals surface area contributed by atoms with E-state index in [0.29, 0.717) is 12.5 Å². The molecule has 5 heteroatoms. The Morgan fingerprint density at radius 2 is 1.81 bits per heavy atom. The van der Waals surface area contributed by atoms with Crippen LogP contribution in [0.2, 0.25) is 0 Å². The Hall–Kier alpha value is -2.40. The number of methoxy groups -OCH3 is 1. The van der Waals surface area contributed by atoms with E-state index in [-0.39, 0.29) is 23.7 Å². The van der Waals surface area contributed by atoms with E-state index in [4.69, 9.17) is 4.74 Å². The van der Waals surface area contributed by atoms with Gasteiger partial charge in [-0.25, -0.2) is 4.39 Å². The highest BCUT2D eigenvalue weighted by molar-refractivity contribution is 5.81. The number of hydrogen-bond donors (Lipinski definition) is 1. The molecule has 2 rings (SSSR count). The second-order valence-corrected chi connectivity index (χ2v) is 7.18. The third-order valence-electron chi connectivity index (χ3n) is 4.64. The maximum absolute atomic E-state index is 13.9. The Labute approximate surface area is 161 Å². The lowest BCUT2D eigenvalue weighted by atomic mass is 9.95. The molecule has 0 fully saturated rings. The molecular weight excluding hydrogens is 343 g/mol. The van der Waals surface area contributed by atoms with Crippen LogP contribution in [0.4, 0.5) is 4.39 Å². The summed E-state index contributed by atoms with van der Waals surface area (Å²) in [4.78, 5) is 14.4. The van der Waals surface area contributed by atoms with Crippen molar-refractivity contribution in [1.82, 2.24) is 10.2 Å². The van der Waals surface area contributed by atoms with Crippen LogP contribution in [0.1, 0.15) is 37.9 Å². The van der Waals surface area contributed by atoms with E-state index in [1.165, 1.54) is 13.2 Å². The Balaban J connectivity index is 2.03. The molecule has 0 aliphatic rings. The molecule has 2 aromatic rings. The van der Waals surface area contributed by atoms with Crippen molar-refractivity contribution in [3.63, 3.8) is 0 Å². The van der Waals surface area contributed by atoms with Crippen LogP contribution in [0, 0.1) is 11.7 Å². The van der Waals surface area contributed by atoms with Gasteiger partial charge in [0.2, 0.25) is 5.91 Å². The van der Waals surface area contributed by atoms with E-state index in [2.05, 4.69) is 31.3 Å². The molecule has 0 aliphatic carbocycles. The third-order valence-corrected chi connectivity index (χ3v) is 4.64. The summed E-state index contributed by atoms with van der Waals surface area (Å²) >= 11 is 0. The summed E-state index contributed by atoms with van der Waals surface area (Å²) < 4.78 is 18.8. The highest BCUT2D eigenvalue weighted by atomic mass is 19.1. The van der Waals surface area contributed by atoms with Crippen LogP contribution < -0.4 is 10.1 Å². The predicted octanol–water partition coefficient (Wildman–Crippen LogP) is 4.17. The lowest BCUT2D eigenvalue weighted by molar-refractivity contribution is -0.132. The molecule has 2 aromatic carbocycles. The van der Waals surface area contributed by atoms with Gasteiger partial charge in [-0.05, 0) is 36.1 Å². The van der Waals surface area contributed by atoms with Crippen LogP contribution in [0.25, 0.3) is 0 Å². The average Bonchev–Trinajstić information content (AvgIpc) is 2.65. The third kappa shape index (κ3) is 5.54. The number of rotatable bonds is 8. The van der Waals surface area contributed by atoms with Gasteiger partial charge in [-0.3, -0.25) is 10.1 Å². The second-order valence-electron chi connectivity index (χ2n) is 7.18. The zero-order chi connectivity index (χ0) is 20.0. The number of nitrogens with zero attached hydrogens (tertiary/aromatic N) is 1. The Kier molecular flexibility index (Phi) is 7.36. The van der Waals surface area contributed by atoms with Crippen LogP contribution in [-0.4, -0.2) is 31.0 Å². The fourth-order valence-electron chi connectivity index (χ4n) is 3.17. The summed E-state index contributed by atoms with van der Waals surface area (Å²) in [6.45, 7) is 6.46. The van der Waals surface area contributed by atoms with Gasteiger partial charge in [-0.1, -0.05) is 50.2 Å². The first-order valence-corrected chi connectivity index (χ1v) is 9.21. The van der Waals surface area contributed by atoms with Gasteiger partial charge in [-0.15, -0.1) is 0 Å². The SMILES string of the molecule is COc1ccc(CN(C)C(=O)C(C)NC(c2ccccc2)C(C)C)cc1F. The maximum Gasteiger partial charge on any atom is 0.239 e. The molecule has 0 saturated heterocycles. The topological polar surface area (TPSA) is 41.6 Å². The van der Waals surface area contributed by atoms with Crippen molar-refractivity contribution in [2.24, 2.45) is 5.92 Å². The summed E-state index contributed by atoms with van der Waals surface area (Å²) in [7, 11) is 3.16. The van der Waals surface area contributed by atoms with Crippen molar-refractivity contribution < 1.29 is 13.9 Å². The van der Waals surface area contributed by atoms with Gasteiger partial charge >= 0.3 is 0 Å². The monoisotopic (exact) mass is 372 g/mol. The summed E-state index contributed by atoms with van der Waals surface area (Å²) in [5.41, 5.74) is 1.88. The van der Waals surface area contributed by atoms with E-state index in [1.807, 2.05) is 25.1 Å². The Morgan fingerprint density at radius 1 is 1.15 bits per heavy atom. The Bertz CT molecular complexity index is 749. The largest absolute Gasteiger partial charge is 0.494 e. The van der Waals surface area contributed by atoms with Gasteiger partial charge in [0.1, 0.15) is 0 Å². The minimum atomic E-state index is -0.425. The van der Waals surface area contributed by atoms with Crippen LogP contribution in [0.3, 0.4) is 0 Å². The van der Waals surface area contributed by atoms with E-state index in [0.717, 1.165) is 11.1 Å². The van der Waals surface area contributed by atoms with Crippen molar-refractivity contribution >= 4 is 5.91 Å². The van der Waals surface area contributed by atoms with Gasteiger partial charge in [0, 0.05) is 19.6 Å². The molecule has 0 aromatic heterocycles. The minimum absolute atomic E-state index is 0.0344. The van der Waals surface area contributed by atoms with E-state index >= 15 is 0 Å². The van der Waals surface area contributed by atoms with Crippen molar-refractivity contribution in [2.45, 2.75) is 39.4 Å². The number of benzene rings is 2. The molecule has 2 unspecified atom stereocenters. The first kappa shape index (κ1) is 20.9. The second kappa shape index (κ2) is 9.51. The number of likely N-dealkylation sites (N-methyl/N-ethyl adjacent to an activating group) is 1. The highest BCUT2D eigenvalue weighted by Gasteiger charge is 2.24. The van der Waals surface area contributed by atoms with Crippen molar-refractivity contribution in [2.75, 3.05) is 14.2 Å². The average molecular weight is 372 g/mol. The molecule has 27 heavy (non-hydrogen) atoms. The van der Waals surface area contributed by atoms with Crippen LogP contribution in [0.5, 0.6) is 5.75 Å². The van der Waals surface area contributed by atoms with Gasteiger partial charge in [0.15, 0.2) is 11.6 Å². The van der Waals surface area contributed by atoms with Crippen LogP contribution in [-0.2, 0) is 11.3 Å². The van der Waals surface area contributed by atoms with Crippen molar-refractivity contribution in [3.8, 4) is 5.75 Å². The van der Waals surface area contributed by atoms with Gasteiger partial charge in [0.25, 0.3) is 0 Å². The number of nitrogens with one attached hydrogen (secondary N) is 1. The molecule has 0 spiro atoms. The van der Waals surface area contributed by atoms with Gasteiger partial charge in [-0.2, -0.15) is 0 Å².